The molecule has 8 heteroatoms. The number of carbonyl (C=O) groups is 3. The van der Waals surface area contributed by atoms with Crippen LogP contribution in [-0.2, 0) is 11.3 Å². The van der Waals surface area contributed by atoms with Gasteiger partial charge < -0.3 is 20.9 Å². The van der Waals surface area contributed by atoms with Gasteiger partial charge in [-0.05, 0) is 31.5 Å². The lowest BCUT2D eigenvalue weighted by Gasteiger charge is -2.34. The summed E-state index contributed by atoms with van der Waals surface area (Å²) >= 11 is 0. The third-order valence-corrected chi connectivity index (χ3v) is 4.38. The highest BCUT2D eigenvalue weighted by atomic mass is 16.2. The number of carbonyl (C=O) groups excluding carboxylic acids is 3. The number of nitrogens with zero attached hydrogens (tertiary/aromatic N) is 2. The van der Waals surface area contributed by atoms with Gasteiger partial charge in [-0.25, -0.2) is 4.79 Å². The van der Waals surface area contributed by atoms with E-state index in [9.17, 15) is 14.4 Å². The minimum Gasteiger partial charge on any atom is -0.358 e. The van der Waals surface area contributed by atoms with Crippen molar-refractivity contribution in [2.24, 2.45) is 0 Å². The molecule has 0 unspecified atom stereocenters. The molecule has 2 rings (SSSR count). The summed E-state index contributed by atoms with van der Waals surface area (Å²) < 4.78 is 0. The minimum atomic E-state index is -0.209. The first-order valence-corrected chi connectivity index (χ1v) is 9.24. The molecule has 0 spiro atoms. The Morgan fingerprint density at radius 3 is 2.22 bits per heavy atom. The number of urea groups is 1. The van der Waals surface area contributed by atoms with Crippen LogP contribution in [0.3, 0.4) is 0 Å². The Morgan fingerprint density at radius 2 is 1.67 bits per heavy atom. The molecule has 3 N–H and O–H groups in total. The zero-order chi connectivity index (χ0) is 19.8. The zero-order valence-electron chi connectivity index (χ0n) is 16.2. The molecule has 0 aromatic heterocycles. The Labute approximate surface area is 160 Å². The van der Waals surface area contributed by atoms with Crippen LogP contribution in [0, 0.1) is 0 Å². The van der Waals surface area contributed by atoms with E-state index in [0.29, 0.717) is 44.8 Å². The molecule has 0 aliphatic carbocycles. The summed E-state index contributed by atoms with van der Waals surface area (Å²) in [5.74, 6) is -0.0206. The van der Waals surface area contributed by atoms with Crippen molar-refractivity contribution in [1.82, 2.24) is 25.8 Å². The highest BCUT2D eigenvalue weighted by Gasteiger charge is 2.23. The van der Waals surface area contributed by atoms with E-state index in [1.807, 2.05) is 35.8 Å². The number of benzene rings is 1. The predicted molar refractivity (Wildman–Crippen MR) is 103 cm³/mol. The minimum absolute atomic E-state index is 0.00773. The molecule has 0 saturated carbocycles. The normalized spacial score (nSPS) is 14.7. The Hall–Kier alpha value is -2.61. The molecule has 1 saturated heterocycles. The fourth-order valence-corrected chi connectivity index (χ4v) is 2.83. The molecule has 1 fully saturated rings. The molecule has 1 aliphatic rings. The number of likely N-dealkylation sites (N-methyl/N-ethyl adjacent to an activating group) is 1. The van der Waals surface area contributed by atoms with Crippen LogP contribution in [0.15, 0.2) is 24.3 Å². The van der Waals surface area contributed by atoms with E-state index in [2.05, 4.69) is 16.0 Å². The molecule has 1 aromatic carbocycles. The first-order valence-electron chi connectivity index (χ1n) is 9.24. The maximum atomic E-state index is 12.6. The standard InChI is InChI=1S/C19H29N5O3/c1-14(2)22-19(27)21-12-15-4-6-16(7-5-15)18(26)24-10-8-23(9-11-24)13-17(25)20-3/h4-7,14H,8-13H2,1-3H3,(H,20,25)(H2,21,22,27). The average molecular weight is 375 g/mol. The van der Waals surface area contributed by atoms with Crippen LogP contribution < -0.4 is 16.0 Å². The second-order valence-electron chi connectivity index (χ2n) is 6.92. The van der Waals surface area contributed by atoms with Crippen LogP contribution >= 0.6 is 0 Å². The van der Waals surface area contributed by atoms with Gasteiger partial charge in [-0.1, -0.05) is 12.1 Å². The number of nitrogens with one attached hydrogen (secondary N) is 3. The van der Waals surface area contributed by atoms with Gasteiger partial charge in [-0.2, -0.15) is 0 Å². The topological polar surface area (TPSA) is 93.8 Å². The molecule has 1 aromatic rings. The summed E-state index contributed by atoms with van der Waals surface area (Å²) in [6, 6.07) is 7.16. The lowest BCUT2D eigenvalue weighted by molar-refractivity contribution is -0.122. The Morgan fingerprint density at radius 1 is 1.04 bits per heavy atom. The summed E-state index contributed by atoms with van der Waals surface area (Å²) in [6.07, 6.45) is 0. The summed E-state index contributed by atoms with van der Waals surface area (Å²) in [5.41, 5.74) is 1.56. The lowest BCUT2D eigenvalue weighted by Crippen LogP contribution is -2.50. The van der Waals surface area contributed by atoms with Gasteiger partial charge in [0.2, 0.25) is 5.91 Å². The molecule has 0 atom stereocenters. The number of piperazine rings is 1. The molecule has 0 bridgehead atoms. The average Bonchev–Trinajstić information content (AvgIpc) is 2.66. The quantitative estimate of drug-likeness (QED) is 0.671. The van der Waals surface area contributed by atoms with E-state index >= 15 is 0 Å². The molecular weight excluding hydrogens is 346 g/mol. The van der Waals surface area contributed by atoms with Crippen molar-refractivity contribution in [2.45, 2.75) is 26.4 Å². The Balaban J connectivity index is 1.82. The summed E-state index contributed by atoms with van der Waals surface area (Å²) in [4.78, 5) is 39.5. The second-order valence-corrected chi connectivity index (χ2v) is 6.92. The Kier molecular flexibility index (Phi) is 7.60. The van der Waals surface area contributed by atoms with E-state index in [4.69, 9.17) is 0 Å². The monoisotopic (exact) mass is 375 g/mol. The van der Waals surface area contributed by atoms with E-state index in [-0.39, 0.29) is 23.9 Å². The molecular formula is C19H29N5O3. The first-order chi connectivity index (χ1) is 12.9. The molecule has 4 amide bonds. The van der Waals surface area contributed by atoms with Crippen molar-refractivity contribution in [2.75, 3.05) is 39.8 Å². The fourth-order valence-electron chi connectivity index (χ4n) is 2.83. The molecule has 148 valence electrons. The zero-order valence-corrected chi connectivity index (χ0v) is 16.2. The van der Waals surface area contributed by atoms with Crippen LogP contribution in [0.5, 0.6) is 0 Å². The van der Waals surface area contributed by atoms with Crippen LogP contribution in [0.2, 0.25) is 0 Å². The van der Waals surface area contributed by atoms with Crippen molar-refractivity contribution in [3.05, 3.63) is 35.4 Å². The number of hydrogen-bond donors (Lipinski definition) is 3. The predicted octanol–water partition coefficient (Wildman–Crippen LogP) is 0.398. The van der Waals surface area contributed by atoms with Crippen molar-refractivity contribution >= 4 is 17.8 Å². The van der Waals surface area contributed by atoms with Gasteiger partial charge in [-0.3, -0.25) is 14.5 Å². The SMILES string of the molecule is CNC(=O)CN1CCN(C(=O)c2ccc(CNC(=O)NC(C)C)cc2)CC1. The van der Waals surface area contributed by atoms with Gasteiger partial charge in [0.15, 0.2) is 0 Å². The lowest BCUT2D eigenvalue weighted by atomic mass is 10.1. The van der Waals surface area contributed by atoms with E-state index < -0.39 is 0 Å². The van der Waals surface area contributed by atoms with Gasteiger partial charge in [0.25, 0.3) is 5.91 Å². The van der Waals surface area contributed by atoms with Crippen LogP contribution in [0.1, 0.15) is 29.8 Å². The van der Waals surface area contributed by atoms with Crippen LogP contribution in [0.4, 0.5) is 4.79 Å². The van der Waals surface area contributed by atoms with Crippen LogP contribution in [0.25, 0.3) is 0 Å². The number of amides is 4. The van der Waals surface area contributed by atoms with Gasteiger partial charge in [0.1, 0.15) is 0 Å². The van der Waals surface area contributed by atoms with Gasteiger partial charge >= 0.3 is 6.03 Å². The summed E-state index contributed by atoms with van der Waals surface area (Å²) in [5, 5.41) is 8.16. The Bertz CT molecular complexity index is 652. The van der Waals surface area contributed by atoms with Crippen molar-refractivity contribution in [3.63, 3.8) is 0 Å². The van der Waals surface area contributed by atoms with Crippen molar-refractivity contribution < 1.29 is 14.4 Å². The maximum absolute atomic E-state index is 12.6. The molecule has 8 nitrogen and oxygen atoms in total. The van der Waals surface area contributed by atoms with Crippen molar-refractivity contribution in [3.8, 4) is 0 Å². The number of rotatable bonds is 6. The highest BCUT2D eigenvalue weighted by molar-refractivity contribution is 5.94. The van der Waals surface area contributed by atoms with E-state index in [1.165, 1.54) is 0 Å². The second kappa shape index (κ2) is 9.91. The molecule has 0 radical (unpaired) electrons. The largest absolute Gasteiger partial charge is 0.358 e. The van der Waals surface area contributed by atoms with E-state index in [1.54, 1.807) is 19.2 Å². The molecule has 1 aliphatic heterocycles. The van der Waals surface area contributed by atoms with E-state index in [0.717, 1.165) is 5.56 Å². The van der Waals surface area contributed by atoms with Gasteiger partial charge in [0, 0.05) is 51.4 Å². The summed E-state index contributed by atoms with van der Waals surface area (Å²) in [6.45, 7) is 7.16. The summed E-state index contributed by atoms with van der Waals surface area (Å²) in [7, 11) is 1.62. The van der Waals surface area contributed by atoms with Crippen LogP contribution in [-0.4, -0.2) is 73.5 Å². The highest BCUT2D eigenvalue weighted by Crippen LogP contribution is 2.10. The molecule has 1 heterocycles. The first kappa shape index (κ1) is 20.7. The smallest absolute Gasteiger partial charge is 0.315 e. The third-order valence-electron chi connectivity index (χ3n) is 4.38. The molecule has 27 heavy (non-hydrogen) atoms. The van der Waals surface area contributed by atoms with Gasteiger partial charge in [0.05, 0.1) is 6.54 Å². The number of hydrogen-bond acceptors (Lipinski definition) is 4. The fraction of sp³-hybridized carbons (Fsp3) is 0.526. The van der Waals surface area contributed by atoms with Gasteiger partial charge in [-0.15, -0.1) is 0 Å². The maximum Gasteiger partial charge on any atom is 0.315 e. The third kappa shape index (κ3) is 6.56. The van der Waals surface area contributed by atoms with Crippen molar-refractivity contribution in [1.29, 1.82) is 0 Å².